The minimum atomic E-state index is 0.852. The highest BCUT2D eigenvalue weighted by Crippen LogP contribution is 2.29. The third-order valence-electron chi connectivity index (χ3n) is 3.23. The number of pyridine rings is 1. The van der Waals surface area contributed by atoms with Crippen LogP contribution in [0.4, 0.5) is 0 Å². The van der Waals surface area contributed by atoms with E-state index in [-0.39, 0.29) is 0 Å². The van der Waals surface area contributed by atoms with Crippen LogP contribution in [0.2, 0.25) is 0 Å². The van der Waals surface area contributed by atoms with Crippen LogP contribution in [-0.4, -0.2) is 25.7 Å². The maximum atomic E-state index is 5.42. The molecule has 1 heterocycles. The second-order valence-corrected chi connectivity index (χ2v) is 4.59. The maximum Gasteiger partial charge on any atom is 0.145 e. The van der Waals surface area contributed by atoms with Gasteiger partial charge in [0.2, 0.25) is 0 Å². The molecule has 1 aromatic carbocycles. The summed E-state index contributed by atoms with van der Waals surface area (Å²) in [4.78, 5) is 4.74. The molecule has 0 radical (unpaired) electrons. The molecular weight excluding hydrogens is 224 g/mol. The van der Waals surface area contributed by atoms with Gasteiger partial charge in [-0.05, 0) is 44.2 Å². The van der Waals surface area contributed by atoms with Gasteiger partial charge in [0.15, 0.2) is 0 Å². The van der Waals surface area contributed by atoms with Crippen molar-refractivity contribution in [1.29, 1.82) is 0 Å². The van der Waals surface area contributed by atoms with Gasteiger partial charge in [-0.2, -0.15) is 0 Å². The molecule has 1 N–H and O–H groups in total. The van der Waals surface area contributed by atoms with Crippen molar-refractivity contribution >= 4 is 10.9 Å². The van der Waals surface area contributed by atoms with Crippen LogP contribution in [0.25, 0.3) is 10.9 Å². The Morgan fingerprint density at radius 1 is 1.22 bits per heavy atom. The summed E-state index contributed by atoms with van der Waals surface area (Å²) in [6.07, 6.45) is 0.935. The smallest absolute Gasteiger partial charge is 0.145 e. The molecule has 3 nitrogen and oxygen atoms in total. The molecule has 0 saturated carbocycles. The lowest BCUT2D eigenvalue weighted by Crippen LogP contribution is -2.11. The van der Waals surface area contributed by atoms with Crippen LogP contribution in [0.5, 0.6) is 5.75 Å². The number of aryl methyl sites for hydroxylation is 2. The van der Waals surface area contributed by atoms with Gasteiger partial charge in [-0.25, -0.2) is 4.98 Å². The number of methoxy groups -OCH3 is 1. The molecule has 0 aliphatic heterocycles. The average molecular weight is 244 g/mol. The van der Waals surface area contributed by atoms with Crippen molar-refractivity contribution in [3.05, 3.63) is 35.0 Å². The maximum absolute atomic E-state index is 5.42. The summed E-state index contributed by atoms with van der Waals surface area (Å²) >= 11 is 0. The van der Waals surface area contributed by atoms with Gasteiger partial charge in [0, 0.05) is 24.0 Å². The molecule has 0 bridgehead atoms. The number of fused-ring (bicyclic) bond motifs is 1. The number of benzene rings is 1. The number of nitrogens with one attached hydrogen (secondary N) is 1. The molecule has 0 unspecified atom stereocenters. The Morgan fingerprint density at radius 3 is 2.67 bits per heavy atom. The molecule has 0 amide bonds. The monoisotopic (exact) mass is 244 g/mol. The predicted octanol–water partition coefficient (Wildman–Crippen LogP) is 2.62. The van der Waals surface area contributed by atoms with E-state index in [9.17, 15) is 0 Å². The first kappa shape index (κ1) is 12.8. The second-order valence-electron chi connectivity index (χ2n) is 4.59. The Kier molecular flexibility index (Phi) is 3.82. The highest BCUT2D eigenvalue weighted by atomic mass is 16.5. The average Bonchev–Trinajstić information content (AvgIpc) is 2.36. The summed E-state index contributed by atoms with van der Waals surface area (Å²) < 4.78 is 5.42. The Balaban J connectivity index is 2.62. The van der Waals surface area contributed by atoms with Crippen LogP contribution in [0, 0.1) is 13.8 Å². The second kappa shape index (κ2) is 5.36. The van der Waals surface area contributed by atoms with Crippen LogP contribution < -0.4 is 10.1 Å². The Bertz CT molecular complexity index is 564. The number of ether oxygens (including phenoxy) is 1. The molecule has 0 aliphatic carbocycles. The topological polar surface area (TPSA) is 34.1 Å². The molecule has 0 aliphatic rings. The first-order valence-corrected chi connectivity index (χ1v) is 6.25. The van der Waals surface area contributed by atoms with E-state index in [4.69, 9.17) is 9.72 Å². The fourth-order valence-corrected chi connectivity index (χ4v) is 2.33. The van der Waals surface area contributed by atoms with E-state index in [0.717, 1.165) is 29.9 Å². The zero-order chi connectivity index (χ0) is 13.1. The quantitative estimate of drug-likeness (QED) is 0.897. The lowest BCUT2D eigenvalue weighted by atomic mass is 10.0. The van der Waals surface area contributed by atoms with Gasteiger partial charge >= 0.3 is 0 Å². The predicted molar refractivity (Wildman–Crippen MR) is 75.4 cm³/mol. The Labute approximate surface area is 108 Å². The summed E-state index contributed by atoms with van der Waals surface area (Å²) in [5.41, 5.74) is 4.60. The molecule has 2 aromatic rings. The van der Waals surface area contributed by atoms with Crippen LogP contribution in [0.3, 0.4) is 0 Å². The lowest BCUT2D eigenvalue weighted by molar-refractivity contribution is 0.418. The Hall–Kier alpha value is -1.61. The number of hydrogen-bond donors (Lipinski definition) is 1. The molecule has 3 heteroatoms. The lowest BCUT2D eigenvalue weighted by Gasteiger charge is -2.12. The van der Waals surface area contributed by atoms with Gasteiger partial charge in [0.25, 0.3) is 0 Å². The van der Waals surface area contributed by atoms with Gasteiger partial charge in [-0.1, -0.05) is 6.07 Å². The van der Waals surface area contributed by atoms with Gasteiger partial charge in [-0.3, -0.25) is 0 Å². The minimum Gasteiger partial charge on any atom is -0.494 e. The van der Waals surface area contributed by atoms with Gasteiger partial charge in [0.05, 0.1) is 7.11 Å². The van der Waals surface area contributed by atoms with E-state index in [1.807, 2.05) is 13.1 Å². The first-order chi connectivity index (χ1) is 8.67. The molecule has 0 atom stereocenters. The molecule has 0 saturated heterocycles. The van der Waals surface area contributed by atoms with Crippen LogP contribution >= 0.6 is 0 Å². The number of rotatable bonds is 4. The summed E-state index contributed by atoms with van der Waals surface area (Å²) in [5.74, 6) is 0.852. The molecule has 0 fully saturated rings. The van der Waals surface area contributed by atoms with Gasteiger partial charge in [0.1, 0.15) is 11.3 Å². The zero-order valence-electron chi connectivity index (χ0n) is 11.5. The Morgan fingerprint density at radius 2 is 2.00 bits per heavy atom. The van der Waals surface area contributed by atoms with Gasteiger partial charge < -0.3 is 10.1 Å². The van der Waals surface area contributed by atoms with Crippen molar-refractivity contribution in [2.24, 2.45) is 0 Å². The van der Waals surface area contributed by atoms with Crippen molar-refractivity contribution in [2.45, 2.75) is 20.3 Å². The summed E-state index contributed by atoms with van der Waals surface area (Å²) in [5, 5.41) is 4.36. The van der Waals surface area contributed by atoms with Crippen molar-refractivity contribution in [1.82, 2.24) is 10.3 Å². The van der Waals surface area contributed by atoms with Crippen molar-refractivity contribution in [3.63, 3.8) is 0 Å². The van der Waals surface area contributed by atoms with Crippen LogP contribution in [-0.2, 0) is 6.42 Å². The van der Waals surface area contributed by atoms with Crippen LogP contribution in [0.1, 0.15) is 16.8 Å². The molecule has 2 rings (SSSR count). The number of nitrogens with zero attached hydrogens (tertiary/aromatic N) is 1. The summed E-state index contributed by atoms with van der Waals surface area (Å²) in [7, 11) is 3.65. The van der Waals surface area contributed by atoms with Gasteiger partial charge in [-0.15, -0.1) is 0 Å². The van der Waals surface area contributed by atoms with E-state index >= 15 is 0 Å². The van der Waals surface area contributed by atoms with E-state index in [2.05, 4.69) is 31.3 Å². The normalized spacial score (nSPS) is 10.9. The largest absolute Gasteiger partial charge is 0.494 e. The molecular formula is C15H20N2O. The minimum absolute atomic E-state index is 0.852. The highest BCUT2D eigenvalue weighted by Gasteiger charge is 2.09. The van der Waals surface area contributed by atoms with Crippen molar-refractivity contribution in [3.8, 4) is 5.75 Å². The van der Waals surface area contributed by atoms with E-state index in [1.54, 1.807) is 7.11 Å². The summed E-state index contributed by atoms with van der Waals surface area (Å²) in [6, 6.07) is 6.25. The van der Waals surface area contributed by atoms with Crippen LogP contribution in [0.15, 0.2) is 18.2 Å². The fraction of sp³-hybridized carbons (Fsp3) is 0.400. The SMILES string of the molecule is CNCCc1cc(C)c2c(C)ccc(OC)c2n1. The number of likely N-dealkylation sites (N-methyl/N-ethyl adjacent to an activating group) is 1. The van der Waals surface area contributed by atoms with Crippen molar-refractivity contribution < 1.29 is 4.74 Å². The molecule has 96 valence electrons. The van der Waals surface area contributed by atoms with E-state index in [1.165, 1.54) is 16.5 Å². The third kappa shape index (κ3) is 2.31. The third-order valence-corrected chi connectivity index (χ3v) is 3.23. The standard InChI is InChI=1S/C15H20N2O/c1-10-5-6-13(18-4)15-14(10)11(2)9-12(17-15)7-8-16-3/h5-6,9,16H,7-8H2,1-4H3. The first-order valence-electron chi connectivity index (χ1n) is 6.25. The number of hydrogen-bond acceptors (Lipinski definition) is 3. The highest BCUT2D eigenvalue weighted by molar-refractivity contribution is 5.90. The number of aromatic nitrogens is 1. The van der Waals surface area contributed by atoms with E-state index < -0.39 is 0 Å². The molecule has 18 heavy (non-hydrogen) atoms. The molecule has 1 aromatic heterocycles. The van der Waals surface area contributed by atoms with E-state index in [0.29, 0.717) is 0 Å². The molecule has 0 spiro atoms. The zero-order valence-corrected chi connectivity index (χ0v) is 11.5. The summed E-state index contributed by atoms with van der Waals surface area (Å²) in [6.45, 7) is 5.19. The fourth-order valence-electron chi connectivity index (χ4n) is 2.33. The van der Waals surface area contributed by atoms with Crippen molar-refractivity contribution in [2.75, 3.05) is 20.7 Å².